The van der Waals surface area contributed by atoms with E-state index in [-0.39, 0.29) is 23.6 Å². The number of aromatic nitrogens is 1. The molecule has 0 aliphatic heterocycles. The van der Waals surface area contributed by atoms with Gasteiger partial charge in [-0.15, -0.1) is 0 Å². The van der Waals surface area contributed by atoms with Gasteiger partial charge in [-0.3, -0.25) is 4.79 Å². The standard InChI is InChI=1S/C25H21NO5/c1-30-18-12-10-17(11-13-18)24(27)22-20-8-3-4-9-21(20)26(23(22)25(28)29)15-16-6-5-7-19(14-16)31-2/h3-14H,15H2,1-2H3,(H,28,29). The van der Waals surface area contributed by atoms with E-state index in [0.717, 1.165) is 5.56 Å². The SMILES string of the molecule is COc1ccc(C(=O)c2c(C(=O)O)n(Cc3cccc(OC)c3)c3ccccc23)cc1. The monoisotopic (exact) mass is 415 g/mol. The first-order valence-corrected chi connectivity index (χ1v) is 9.69. The summed E-state index contributed by atoms with van der Waals surface area (Å²) >= 11 is 0. The highest BCUT2D eigenvalue weighted by atomic mass is 16.5. The van der Waals surface area contributed by atoms with Gasteiger partial charge in [0, 0.05) is 23.0 Å². The maximum atomic E-state index is 13.4. The lowest BCUT2D eigenvalue weighted by atomic mass is 10.00. The highest BCUT2D eigenvalue weighted by Crippen LogP contribution is 2.30. The maximum absolute atomic E-state index is 13.4. The Morgan fingerprint density at radius 2 is 1.58 bits per heavy atom. The van der Waals surface area contributed by atoms with Crippen molar-refractivity contribution in [3.8, 4) is 11.5 Å². The van der Waals surface area contributed by atoms with Gasteiger partial charge >= 0.3 is 5.97 Å². The van der Waals surface area contributed by atoms with Crippen LogP contribution in [0.5, 0.6) is 11.5 Å². The first-order chi connectivity index (χ1) is 15.0. The Kier molecular flexibility index (Phi) is 5.45. The van der Waals surface area contributed by atoms with E-state index < -0.39 is 5.97 Å². The van der Waals surface area contributed by atoms with E-state index in [0.29, 0.717) is 28.0 Å². The third kappa shape index (κ3) is 3.75. The molecule has 0 unspecified atom stereocenters. The van der Waals surface area contributed by atoms with Gasteiger partial charge in [0.1, 0.15) is 17.2 Å². The fourth-order valence-corrected chi connectivity index (χ4v) is 3.76. The van der Waals surface area contributed by atoms with Gasteiger partial charge < -0.3 is 19.1 Å². The number of methoxy groups -OCH3 is 2. The zero-order valence-electron chi connectivity index (χ0n) is 17.2. The Bertz CT molecular complexity index is 1270. The number of benzene rings is 3. The van der Waals surface area contributed by atoms with Gasteiger partial charge in [0.15, 0.2) is 5.78 Å². The van der Waals surface area contributed by atoms with Crippen LogP contribution in [0.25, 0.3) is 10.9 Å². The minimum absolute atomic E-state index is 0.0372. The molecule has 0 atom stereocenters. The molecule has 0 spiro atoms. The van der Waals surface area contributed by atoms with Crippen LogP contribution in [0.3, 0.4) is 0 Å². The van der Waals surface area contributed by atoms with E-state index in [1.165, 1.54) is 0 Å². The topological polar surface area (TPSA) is 77.8 Å². The van der Waals surface area contributed by atoms with Crippen molar-refractivity contribution in [2.45, 2.75) is 6.54 Å². The number of fused-ring (bicyclic) bond motifs is 1. The molecular weight excluding hydrogens is 394 g/mol. The zero-order chi connectivity index (χ0) is 22.0. The molecule has 6 heteroatoms. The molecule has 4 rings (SSSR count). The van der Waals surface area contributed by atoms with Crippen LogP contribution in [0.2, 0.25) is 0 Å². The van der Waals surface area contributed by atoms with E-state index in [2.05, 4.69) is 0 Å². The van der Waals surface area contributed by atoms with E-state index >= 15 is 0 Å². The molecule has 31 heavy (non-hydrogen) atoms. The predicted octanol–water partition coefficient (Wildman–Crippen LogP) is 4.64. The van der Waals surface area contributed by atoms with Crippen molar-refractivity contribution in [2.24, 2.45) is 0 Å². The maximum Gasteiger partial charge on any atom is 0.353 e. The number of ketones is 1. The van der Waals surface area contributed by atoms with Crippen molar-refractivity contribution < 1.29 is 24.2 Å². The van der Waals surface area contributed by atoms with Gasteiger partial charge in [-0.05, 0) is 48.0 Å². The molecular formula is C25H21NO5. The molecule has 0 aliphatic rings. The second-order valence-electron chi connectivity index (χ2n) is 7.04. The molecule has 1 aromatic heterocycles. The number of carbonyl (C=O) groups excluding carboxylic acids is 1. The van der Waals surface area contributed by atoms with Crippen LogP contribution >= 0.6 is 0 Å². The number of carbonyl (C=O) groups is 2. The summed E-state index contributed by atoms with van der Waals surface area (Å²) in [5.41, 5.74) is 2.08. The third-order valence-corrected chi connectivity index (χ3v) is 5.23. The van der Waals surface area contributed by atoms with E-state index in [9.17, 15) is 14.7 Å². The molecule has 1 heterocycles. The van der Waals surface area contributed by atoms with Crippen LogP contribution in [0.1, 0.15) is 32.0 Å². The molecule has 6 nitrogen and oxygen atoms in total. The van der Waals surface area contributed by atoms with Crippen LogP contribution in [0.15, 0.2) is 72.8 Å². The number of carboxylic acid groups (broad SMARTS) is 1. The molecule has 0 fully saturated rings. The second-order valence-corrected chi connectivity index (χ2v) is 7.04. The summed E-state index contributed by atoms with van der Waals surface area (Å²) in [6, 6.07) is 21.3. The normalized spacial score (nSPS) is 10.8. The van der Waals surface area contributed by atoms with Gasteiger partial charge in [0.2, 0.25) is 0 Å². The van der Waals surface area contributed by atoms with Crippen LogP contribution in [0, 0.1) is 0 Å². The Balaban J connectivity index is 1.90. The van der Waals surface area contributed by atoms with Crippen molar-refractivity contribution in [1.29, 1.82) is 0 Å². The van der Waals surface area contributed by atoms with Crippen LogP contribution in [-0.4, -0.2) is 35.6 Å². The van der Waals surface area contributed by atoms with Gasteiger partial charge in [-0.1, -0.05) is 30.3 Å². The Morgan fingerprint density at radius 1 is 0.871 bits per heavy atom. The number of carboxylic acids is 1. The lowest BCUT2D eigenvalue weighted by molar-refractivity contribution is 0.0682. The van der Waals surface area contributed by atoms with Crippen molar-refractivity contribution in [3.63, 3.8) is 0 Å². The fraction of sp³-hybridized carbons (Fsp3) is 0.120. The quantitative estimate of drug-likeness (QED) is 0.445. The second kappa shape index (κ2) is 8.36. The summed E-state index contributed by atoms with van der Waals surface area (Å²) in [6.45, 7) is 0.287. The third-order valence-electron chi connectivity index (χ3n) is 5.23. The molecule has 4 aromatic rings. The van der Waals surface area contributed by atoms with Crippen molar-refractivity contribution in [2.75, 3.05) is 14.2 Å². The smallest absolute Gasteiger partial charge is 0.353 e. The highest BCUT2D eigenvalue weighted by molar-refractivity contribution is 6.21. The summed E-state index contributed by atoms with van der Waals surface area (Å²) in [4.78, 5) is 25.8. The number of hydrogen-bond donors (Lipinski definition) is 1. The summed E-state index contributed by atoms with van der Waals surface area (Å²) in [5, 5.41) is 10.7. The molecule has 156 valence electrons. The molecule has 1 N–H and O–H groups in total. The van der Waals surface area contributed by atoms with Crippen LogP contribution in [0.4, 0.5) is 0 Å². The molecule has 0 bridgehead atoms. The Labute approximate surface area is 179 Å². The average Bonchev–Trinajstić information content (AvgIpc) is 3.13. The summed E-state index contributed by atoms with van der Waals surface area (Å²) in [6.07, 6.45) is 0. The zero-order valence-corrected chi connectivity index (χ0v) is 17.2. The summed E-state index contributed by atoms with van der Waals surface area (Å²) < 4.78 is 12.1. The molecule has 0 radical (unpaired) electrons. The van der Waals surface area contributed by atoms with Gasteiger partial charge in [-0.2, -0.15) is 0 Å². The number of para-hydroxylation sites is 1. The number of rotatable bonds is 7. The molecule has 0 aliphatic carbocycles. The minimum atomic E-state index is -1.16. The largest absolute Gasteiger partial charge is 0.497 e. The predicted molar refractivity (Wildman–Crippen MR) is 117 cm³/mol. The minimum Gasteiger partial charge on any atom is -0.497 e. The van der Waals surface area contributed by atoms with Crippen molar-refractivity contribution >= 4 is 22.7 Å². The lowest BCUT2D eigenvalue weighted by Crippen LogP contribution is -2.14. The molecule has 0 saturated carbocycles. The summed E-state index contributed by atoms with van der Waals surface area (Å²) in [7, 11) is 3.13. The summed E-state index contributed by atoms with van der Waals surface area (Å²) in [5.74, 6) is -0.201. The average molecular weight is 415 g/mol. The first-order valence-electron chi connectivity index (χ1n) is 9.69. The lowest BCUT2D eigenvalue weighted by Gasteiger charge is -2.10. The number of nitrogens with zero attached hydrogens (tertiary/aromatic N) is 1. The van der Waals surface area contributed by atoms with Gasteiger partial charge in [0.05, 0.1) is 19.8 Å². The van der Waals surface area contributed by atoms with Crippen LogP contribution in [-0.2, 0) is 6.54 Å². The number of hydrogen-bond acceptors (Lipinski definition) is 4. The van der Waals surface area contributed by atoms with E-state index in [1.807, 2.05) is 36.4 Å². The highest BCUT2D eigenvalue weighted by Gasteiger charge is 2.27. The van der Waals surface area contributed by atoms with Gasteiger partial charge in [-0.25, -0.2) is 4.79 Å². The van der Waals surface area contributed by atoms with Crippen molar-refractivity contribution in [3.05, 3.63) is 95.2 Å². The number of aromatic carboxylic acids is 1. The number of ether oxygens (including phenoxy) is 2. The van der Waals surface area contributed by atoms with Gasteiger partial charge in [0.25, 0.3) is 0 Å². The Morgan fingerprint density at radius 3 is 2.26 bits per heavy atom. The van der Waals surface area contributed by atoms with Crippen LogP contribution < -0.4 is 9.47 Å². The fourth-order valence-electron chi connectivity index (χ4n) is 3.76. The Hall–Kier alpha value is -4.06. The van der Waals surface area contributed by atoms with Crippen molar-refractivity contribution in [1.82, 2.24) is 4.57 Å². The molecule has 0 amide bonds. The molecule has 0 saturated heterocycles. The van der Waals surface area contributed by atoms with E-state index in [1.54, 1.807) is 55.2 Å². The molecule has 3 aromatic carbocycles. The first kappa shape index (κ1) is 20.2. The van der Waals surface area contributed by atoms with E-state index in [4.69, 9.17) is 9.47 Å².